The van der Waals surface area contributed by atoms with Gasteiger partial charge in [-0.1, -0.05) is 37.1 Å². The van der Waals surface area contributed by atoms with Crippen LogP contribution in [0.5, 0.6) is 0 Å². The number of ether oxygens (including phenoxy) is 1. The van der Waals surface area contributed by atoms with Gasteiger partial charge in [0.25, 0.3) is 5.56 Å². The molecule has 3 aliphatic carbocycles. The number of azo groups is 1. The Balaban J connectivity index is 1.34. The van der Waals surface area contributed by atoms with Crippen molar-refractivity contribution >= 4 is 17.4 Å². The van der Waals surface area contributed by atoms with Crippen molar-refractivity contribution < 1.29 is 19.7 Å². The van der Waals surface area contributed by atoms with Gasteiger partial charge < -0.3 is 14.9 Å². The van der Waals surface area contributed by atoms with Gasteiger partial charge in [-0.3, -0.25) is 9.89 Å². The monoisotopic (exact) mass is 464 g/mol. The molecule has 9 nitrogen and oxygen atoms in total. The van der Waals surface area contributed by atoms with Crippen LogP contribution in [0, 0.1) is 24.7 Å². The molecule has 1 aliphatic heterocycles. The molecule has 0 aromatic carbocycles. The fraction of sp³-hybridized carbons (Fsp3) is 0.440. The Morgan fingerprint density at radius 2 is 2.00 bits per heavy atom. The predicted octanol–water partition coefficient (Wildman–Crippen LogP) is 3.97. The Kier molecular flexibility index (Phi) is 5.95. The quantitative estimate of drug-likeness (QED) is 0.568. The first-order valence-corrected chi connectivity index (χ1v) is 11.7. The first-order valence-electron chi connectivity index (χ1n) is 11.7. The zero-order valence-electron chi connectivity index (χ0n) is 18.9. The Labute approximate surface area is 196 Å². The third-order valence-corrected chi connectivity index (χ3v) is 6.98. The highest BCUT2D eigenvalue weighted by Gasteiger charge is 2.34. The minimum Gasteiger partial charge on any atom is -0.482 e. The highest BCUT2D eigenvalue weighted by atomic mass is 16.5. The molecule has 1 saturated carbocycles. The van der Waals surface area contributed by atoms with Crippen molar-refractivity contribution in [1.29, 1.82) is 0 Å². The minimum atomic E-state index is -1.07. The molecule has 1 aromatic rings. The number of rotatable bonds is 5. The number of nitrogens with one attached hydrogen (secondary N) is 1. The van der Waals surface area contributed by atoms with Crippen LogP contribution in [0.1, 0.15) is 37.8 Å². The number of carboxylic acids is 1. The van der Waals surface area contributed by atoms with Crippen LogP contribution >= 0.6 is 0 Å². The molecule has 1 fully saturated rings. The lowest BCUT2D eigenvalue weighted by molar-refractivity contribution is -0.147. The molecule has 0 radical (unpaired) electrons. The molecule has 3 N–H and O–H groups in total. The van der Waals surface area contributed by atoms with E-state index < -0.39 is 24.1 Å². The van der Waals surface area contributed by atoms with E-state index in [1.54, 1.807) is 31.2 Å². The molecule has 0 saturated heterocycles. The summed E-state index contributed by atoms with van der Waals surface area (Å²) in [6.07, 6.45) is 16.1. The molecule has 1 aromatic heterocycles. The number of aromatic amines is 1. The van der Waals surface area contributed by atoms with Gasteiger partial charge in [0.15, 0.2) is 11.8 Å². The third kappa shape index (κ3) is 4.11. The zero-order chi connectivity index (χ0) is 23.8. The third-order valence-electron chi connectivity index (χ3n) is 6.98. The number of hydrogen-bond donors (Lipinski definition) is 3. The SMILES string of the molecule is Cc1[nH]n(C2=CC3CCCCC3C=C2)c(=O)c1N=NC1=CC=CC(C2=CCC(C(=O)O)O2)C1O. The van der Waals surface area contributed by atoms with Crippen LogP contribution in [0.2, 0.25) is 0 Å². The van der Waals surface area contributed by atoms with Crippen LogP contribution in [0.25, 0.3) is 5.70 Å². The lowest BCUT2D eigenvalue weighted by Crippen LogP contribution is -2.26. The summed E-state index contributed by atoms with van der Waals surface area (Å²) in [5.74, 6) is -0.207. The van der Waals surface area contributed by atoms with E-state index in [0.717, 1.165) is 12.1 Å². The second-order valence-corrected chi connectivity index (χ2v) is 9.22. The average molecular weight is 465 g/mol. The largest absolute Gasteiger partial charge is 0.482 e. The van der Waals surface area contributed by atoms with E-state index in [2.05, 4.69) is 27.5 Å². The molecule has 5 rings (SSSR count). The molecule has 178 valence electrons. The van der Waals surface area contributed by atoms with Crippen molar-refractivity contribution in [3.8, 4) is 0 Å². The van der Waals surface area contributed by atoms with Crippen LogP contribution < -0.4 is 5.56 Å². The van der Waals surface area contributed by atoms with Gasteiger partial charge in [0.05, 0.1) is 23.0 Å². The van der Waals surface area contributed by atoms with Crippen LogP contribution in [0.3, 0.4) is 0 Å². The van der Waals surface area contributed by atoms with Gasteiger partial charge in [-0.2, -0.15) is 5.11 Å². The normalized spacial score (nSPS) is 30.5. The summed E-state index contributed by atoms with van der Waals surface area (Å²) in [6.45, 7) is 1.76. The van der Waals surface area contributed by atoms with Crippen LogP contribution in [-0.2, 0) is 9.53 Å². The maximum atomic E-state index is 13.1. The molecule has 2 heterocycles. The number of fused-ring (bicyclic) bond motifs is 1. The van der Waals surface area contributed by atoms with Crippen molar-refractivity contribution in [2.24, 2.45) is 28.0 Å². The Morgan fingerprint density at radius 1 is 1.21 bits per heavy atom. The summed E-state index contributed by atoms with van der Waals surface area (Å²) in [5.41, 5.74) is 1.55. The summed E-state index contributed by atoms with van der Waals surface area (Å²) in [4.78, 5) is 24.3. The van der Waals surface area contributed by atoms with Gasteiger partial charge in [0.1, 0.15) is 11.9 Å². The number of hydrogen-bond acceptors (Lipinski definition) is 6. The smallest absolute Gasteiger partial charge is 0.345 e. The standard InChI is InChI=1S/C25H28N4O5/c1-14-22(24(31)29(28-14)17-10-9-15-5-2-3-6-16(15)13-17)27-26-19-8-4-7-18(23(19)30)20-11-12-21(34-20)25(32)33/h4,7-11,13,15-16,18,21,23,28,30H,2-3,5-6,12H2,1H3,(H,32,33). The number of aliphatic hydroxyl groups is 1. The lowest BCUT2D eigenvalue weighted by Gasteiger charge is -2.30. The summed E-state index contributed by atoms with van der Waals surface area (Å²) in [5, 5.41) is 31.4. The van der Waals surface area contributed by atoms with E-state index in [-0.39, 0.29) is 23.4 Å². The molecular formula is C25H28N4O5. The number of aromatic nitrogens is 2. The summed E-state index contributed by atoms with van der Waals surface area (Å²) in [6, 6.07) is 0. The number of nitrogens with zero attached hydrogens (tertiary/aromatic N) is 3. The number of carboxylic acid groups (broad SMARTS) is 1. The molecule has 34 heavy (non-hydrogen) atoms. The van der Waals surface area contributed by atoms with Crippen molar-refractivity contribution in [3.05, 3.63) is 70.0 Å². The highest BCUT2D eigenvalue weighted by Crippen LogP contribution is 2.37. The minimum absolute atomic E-state index is 0.182. The second kappa shape index (κ2) is 9.06. The number of aliphatic carboxylic acids is 1. The molecular weight excluding hydrogens is 436 g/mol. The van der Waals surface area contributed by atoms with E-state index in [1.807, 2.05) is 6.08 Å². The van der Waals surface area contributed by atoms with Crippen molar-refractivity contribution in [3.63, 3.8) is 0 Å². The van der Waals surface area contributed by atoms with E-state index in [0.29, 0.717) is 23.3 Å². The zero-order valence-corrected chi connectivity index (χ0v) is 18.9. The number of H-pyrrole nitrogens is 1. The second-order valence-electron chi connectivity index (χ2n) is 9.22. The fourth-order valence-corrected chi connectivity index (χ4v) is 5.08. The molecule has 4 aliphatic rings. The highest BCUT2D eigenvalue weighted by molar-refractivity contribution is 5.73. The maximum Gasteiger partial charge on any atom is 0.345 e. The summed E-state index contributed by atoms with van der Waals surface area (Å²) < 4.78 is 6.97. The van der Waals surface area contributed by atoms with Gasteiger partial charge in [-0.25, -0.2) is 9.48 Å². The van der Waals surface area contributed by atoms with Crippen LogP contribution in [0.15, 0.2) is 69.0 Å². The van der Waals surface area contributed by atoms with E-state index in [1.165, 1.54) is 23.9 Å². The van der Waals surface area contributed by atoms with Gasteiger partial charge in [0.2, 0.25) is 0 Å². The molecule has 0 bridgehead atoms. The molecule has 5 atom stereocenters. The molecule has 5 unspecified atom stereocenters. The topological polar surface area (TPSA) is 129 Å². The van der Waals surface area contributed by atoms with Gasteiger partial charge >= 0.3 is 5.97 Å². The lowest BCUT2D eigenvalue weighted by atomic mass is 9.76. The molecule has 9 heteroatoms. The van der Waals surface area contributed by atoms with Gasteiger partial charge in [0, 0.05) is 6.42 Å². The van der Waals surface area contributed by atoms with Crippen molar-refractivity contribution in [2.45, 2.75) is 51.2 Å². The Bertz CT molecular complexity index is 1230. The number of carbonyl (C=O) groups is 1. The first-order chi connectivity index (χ1) is 16.4. The predicted molar refractivity (Wildman–Crippen MR) is 125 cm³/mol. The average Bonchev–Trinajstić information content (AvgIpc) is 3.43. The van der Waals surface area contributed by atoms with Crippen molar-refractivity contribution in [1.82, 2.24) is 9.78 Å². The van der Waals surface area contributed by atoms with Gasteiger partial charge in [-0.05, 0) is 49.8 Å². The number of aliphatic hydroxyl groups excluding tert-OH is 1. The first kappa shape index (κ1) is 22.3. The van der Waals surface area contributed by atoms with E-state index >= 15 is 0 Å². The fourth-order valence-electron chi connectivity index (χ4n) is 5.08. The maximum absolute atomic E-state index is 13.1. The number of aryl methyl sites for hydroxylation is 1. The number of allylic oxidation sites excluding steroid dienone is 6. The van der Waals surface area contributed by atoms with E-state index in [4.69, 9.17) is 9.84 Å². The summed E-state index contributed by atoms with van der Waals surface area (Å²) in [7, 11) is 0. The van der Waals surface area contributed by atoms with Gasteiger partial charge in [-0.15, -0.1) is 5.11 Å². The molecule has 0 spiro atoms. The Hall–Kier alpha value is -3.46. The molecule has 0 amide bonds. The van der Waals surface area contributed by atoms with Crippen LogP contribution in [-0.4, -0.2) is 38.2 Å². The van der Waals surface area contributed by atoms with E-state index in [9.17, 15) is 14.7 Å². The Morgan fingerprint density at radius 3 is 2.76 bits per heavy atom. The van der Waals surface area contributed by atoms with Crippen molar-refractivity contribution in [2.75, 3.05) is 0 Å². The summed E-state index contributed by atoms with van der Waals surface area (Å²) >= 11 is 0. The van der Waals surface area contributed by atoms with Crippen LogP contribution in [0.4, 0.5) is 5.69 Å².